The summed E-state index contributed by atoms with van der Waals surface area (Å²) in [6.07, 6.45) is 2.97. The largest absolute Gasteiger partial charge is 0.453 e. The molecule has 5 rings (SSSR count). The molecule has 3 aliphatic rings. The third kappa shape index (κ3) is 3.57. The molecule has 7 heteroatoms. The summed E-state index contributed by atoms with van der Waals surface area (Å²) in [4.78, 5) is 41.1. The quantitative estimate of drug-likeness (QED) is 0.657. The first kappa shape index (κ1) is 21.2. The molecule has 0 aromatic heterocycles. The van der Waals surface area contributed by atoms with Gasteiger partial charge in [-0.3, -0.25) is 4.79 Å². The number of amides is 2. The zero-order valence-electron chi connectivity index (χ0n) is 18.8. The average Bonchev–Trinajstić information content (AvgIpc) is 3.40. The highest BCUT2D eigenvalue weighted by Gasteiger charge is 2.51. The first-order valence-corrected chi connectivity index (χ1v) is 11.2. The summed E-state index contributed by atoms with van der Waals surface area (Å²) in [5, 5.41) is 0. The Bertz CT molecular complexity index is 1190. The van der Waals surface area contributed by atoms with Gasteiger partial charge in [0.25, 0.3) is 5.91 Å². The molecular formula is C26H26N2O5. The number of aryl methyl sites for hydroxylation is 1. The van der Waals surface area contributed by atoms with Gasteiger partial charge in [0.2, 0.25) is 0 Å². The lowest BCUT2D eigenvalue weighted by Crippen LogP contribution is -2.35. The van der Waals surface area contributed by atoms with Crippen LogP contribution in [0.25, 0.3) is 5.57 Å². The molecule has 0 N–H and O–H groups in total. The minimum Gasteiger partial charge on any atom is -0.453 e. The van der Waals surface area contributed by atoms with E-state index < -0.39 is 5.60 Å². The van der Waals surface area contributed by atoms with Crippen LogP contribution in [0.2, 0.25) is 0 Å². The lowest BCUT2D eigenvalue weighted by molar-refractivity contribution is -0.00307. The highest BCUT2D eigenvalue weighted by molar-refractivity contribution is 5.98. The minimum absolute atomic E-state index is 0.0562. The number of hydrogen-bond acceptors (Lipinski definition) is 5. The van der Waals surface area contributed by atoms with Gasteiger partial charge in [0, 0.05) is 37.2 Å². The molecule has 2 aromatic carbocycles. The van der Waals surface area contributed by atoms with Crippen molar-refractivity contribution in [1.29, 1.82) is 0 Å². The van der Waals surface area contributed by atoms with Gasteiger partial charge in [0.1, 0.15) is 0 Å². The van der Waals surface area contributed by atoms with Gasteiger partial charge in [-0.2, -0.15) is 0 Å². The van der Waals surface area contributed by atoms with Crippen LogP contribution in [0.5, 0.6) is 0 Å². The fourth-order valence-electron chi connectivity index (χ4n) is 5.05. The summed E-state index contributed by atoms with van der Waals surface area (Å²) in [6.45, 7) is 3.88. The van der Waals surface area contributed by atoms with Gasteiger partial charge in [-0.15, -0.1) is 0 Å². The van der Waals surface area contributed by atoms with Gasteiger partial charge in [-0.25, -0.2) is 9.59 Å². The van der Waals surface area contributed by atoms with Gasteiger partial charge < -0.3 is 19.3 Å². The van der Waals surface area contributed by atoms with Crippen molar-refractivity contribution < 1.29 is 23.9 Å². The summed E-state index contributed by atoms with van der Waals surface area (Å²) < 4.78 is 10.6. The molecular weight excluding hydrogens is 420 g/mol. The first-order chi connectivity index (χ1) is 15.9. The third-order valence-corrected chi connectivity index (χ3v) is 6.93. The smallest absolute Gasteiger partial charge is 0.409 e. The molecule has 3 heterocycles. The van der Waals surface area contributed by atoms with E-state index in [-0.39, 0.29) is 18.0 Å². The number of carbonyl (C=O) groups is 3. The Kier molecular flexibility index (Phi) is 5.19. The number of ether oxygens (including phenoxy) is 2. The van der Waals surface area contributed by atoms with Gasteiger partial charge >= 0.3 is 12.1 Å². The Hall–Kier alpha value is -3.61. The van der Waals surface area contributed by atoms with E-state index in [0.29, 0.717) is 50.1 Å². The normalized spacial score (nSPS) is 21.6. The predicted octanol–water partition coefficient (Wildman–Crippen LogP) is 3.76. The van der Waals surface area contributed by atoms with Crippen LogP contribution in [0.1, 0.15) is 50.2 Å². The SMILES string of the molecule is COC(=O)N1CC=C(c2ccc(C)c(C(=O)N3CC[C@@]4(C3)OC(=O)c3ccccc34)c2)CC1. The Balaban J connectivity index is 1.37. The molecule has 3 aliphatic heterocycles. The number of hydrogen-bond donors (Lipinski definition) is 0. The predicted molar refractivity (Wildman–Crippen MR) is 122 cm³/mol. The number of carbonyl (C=O) groups excluding carboxylic acids is 3. The van der Waals surface area contributed by atoms with Crippen LogP contribution in [0, 0.1) is 6.92 Å². The molecule has 1 saturated heterocycles. The topological polar surface area (TPSA) is 76.2 Å². The van der Waals surface area contributed by atoms with E-state index in [0.717, 1.165) is 22.3 Å². The summed E-state index contributed by atoms with van der Waals surface area (Å²) in [7, 11) is 1.38. The molecule has 0 aliphatic carbocycles. The van der Waals surface area contributed by atoms with E-state index >= 15 is 0 Å². The average molecular weight is 447 g/mol. The molecule has 0 bridgehead atoms. The van der Waals surface area contributed by atoms with E-state index in [9.17, 15) is 14.4 Å². The lowest BCUT2D eigenvalue weighted by atomic mass is 9.91. The minimum atomic E-state index is -0.752. The highest BCUT2D eigenvalue weighted by atomic mass is 16.6. The number of methoxy groups -OCH3 is 1. The maximum absolute atomic E-state index is 13.5. The van der Waals surface area contributed by atoms with Crippen molar-refractivity contribution in [1.82, 2.24) is 9.80 Å². The molecule has 0 saturated carbocycles. The van der Waals surface area contributed by atoms with Crippen LogP contribution >= 0.6 is 0 Å². The molecule has 33 heavy (non-hydrogen) atoms. The van der Waals surface area contributed by atoms with Crippen LogP contribution < -0.4 is 0 Å². The van der Waals surface area contributed by atoms with Crippen LogP contribution in [-0.4, -0.2) is 61.1 Å². The second kappa shape index (κ2) is 8.06. The maximum atomic E-state index is 13.5. The number of likely N-dealkylation sites (tertiary alicyclic amines) is 1. The number of nitrogens with zero attached hydrogens (tertiary/aromatic N) is 2. The lowest BCUT2D eigenvalue weighted by Gasteiger charge is -2.26. The van der Waals surface area contributed by atoms with E-state index in [4.69, 9.17) is 9.47 Å². The van der Waals surface area contributed by atoms with Crippen molar-refractivity contribution in [3.8, 4) is 0 Å². The molecule has 1 fully saturated rings. The van der Waals surface area contributed by atoms with E-state index in [1.54, 1.807) is 15.9 Å². The number of esters is 1. The molecule has 1 atom stereocenters. The van der Waals surface area contributed by atoms with Crippen molar-refractivity contribution in [2.75, 3.05) is 33.3 Å². The molecule has 0 unspecified atom stereocenters. The molecule has 2 aromatic rings. The first-order valence-electron chi connectivity index (χ1n) is 11.2. The Labute approximate surface area is 192 Å². The highest BCUT2D eigenvalue weighted by Crippen LogP contribution is 2.43. The fraction of sp³-hybridized carbons (Fsp3) is 0.346. The zero-order valence-corrected chi connectivity index (χ0v) is 18.8. The molecule has 170 valence electrons. The van der Waals surface area contributed by atoms with E-state index in [1.807, 2.05) is 49.4 Å². The number of benzene rings is 2. The van der Waals surface area contributed by atoms with Gasteiger partial charge in [0.05, 0.1) is 19.2 Å². The Morgan fingerprint density at radius 3 is 2.67 bits per heavy atom. The molecule has 2 amide bonds. The van der Waals surface area contributed by atoms with Gasteiger partial charge in [-0.1, -0.05) is 36.4 Å². The van der Waals surface area contributed by atoms with Crippen LogP contribution in [0.4, 0.5) is 4.79 Å². The van der Waals surface area contributed by atoms with Crippen molar-refractivity contribution in [2.45, 2.75) is 25.4 Å². The Morgan fingerprint density at radius 1 is 1.09 bits per heavy atom. The van der Waals surface area contributed by atoms with Crippen LogP contribution in [0.3, 0.4) is 0 Å². The van der Waals surface area contributed by atoms with Crippen LogP contribution in [0.15, 0.2) is 48.5 Å². The van der Waals surface area contributed by atoms with E-state index in [2.05, 4.69) is 0 Å². The Morgan fingerprint density at radius 2 is 1.91 bits per heavy atom. The maximum Gasteiger partial charge on any atom is 0.409 e. The summed E-state index contributed by atoms with van der Waals surface area (Å²) in [5.41, 5.74) is 4.37. The third-order valence-electron chi connectivity index (χ3n) is 6.93. The summed E-state index contributed by atoms with van der Waals surface area (Å²) >= 11 is 0. The van der Waals surface area contributed by atoms with Crippen molar-refractivity contribution >= 4 is 23.5 Å². The number of fused-ring (bicyclic) bond motifs is 2. The second-order valence-electron chi connectivity index (χ2n) is 8.83. The number of rotatable bonds is 2. The van der Waals surface area contributed by atoms with Crippen LogP contribution in [-0.2, 0) is 15.1 Å². The molecule has 1 spiro atoms. The van der Waals surface area contributed by atoms with Gasteiger partial charge in [0.15, 0.2) is 5.60 Å². The summed E-state index contributed by atoms with van der Waals surface area (Å²) in [5.74, 6) is -0.373. The monoisotopic (exact) mass is 446 g/mol. The summed E-state index contributed by atoms with van der Waals surface area (Å²) in [6, 6.07) is 13.4. The van der Waals surface area contributed by atoms with Crippen molar-refractivity contribution in [3.63, 3.8) is 0 Å². The van der Waals surface area contributed by atoms with Crippen molar-refractivity contribution in [2.24, 2.45) is 0 Å². The van der Waals surface area contributed by atoms with Gasteiger partial charge in [-0.05, 0) is 42.2 Å². The standard InChI is InChI=1S/C26H26N2O5/c1-17-7-8-19(18-9-12-27(13-10-18)25(31)32-2)15-21(17)23(29)28-14-11-26(16-28)22-6-4-3-5-20(22)24(30)33-26/h3-9,15H,10-14,16H2,1-2H3/t26-/m0/s1. The van der Waals surface area contributed by atoms with Crippen molar-refractivity contribution in [3.05, 3.63) is 76.4 Å². The molecule has 0 radical (unpaired) electrons. The second-order valence-corrected chi connectivity index (χ2v) is 8.83. The fourth-order valence-corrected chi connectivity index (χ4v) is 5.05. The van der Waals surface area contributed by atoms with E-state index in [1.165, 1.54) is 7.11 Å². The molecule has 7 nitrogen and oxygen atoms in total. The zero-order chi connectivity index (χ0) is 23.2.